The molecule has 0 fully saturated rings. The van der Waals surface area contributed by atoms with E-state index in [-0.39, 0.29) is 5.75 Å². The van der Waals surface area contributed by atoms with Gasteiger partial charge in [0.1, 0.15) is 0 Å². The van der Waals surface area contributed by atoms with Crippen LogP contribution in [0.5, 0.6) is 0 Å². The second kappa shape index (κ2) is 4.34. The summed E-state index contributed by atoms with van der Waals surface area (Å²) in [5.74, 6) is -0.152. The molecular formula is C8H7F2S. The molecule has 0 aliphatic rings. The predicted molar refractivity (Wildman–Crippen MR) is 42.0 cm³/mol. The molecular weight excluding hydrogens is 166 g/mol. The van der Waals surface area contributed by atoms with Crippen molar-refractivity contribution in [1.82, 2.24) is 0 Å². The van der Waals surface area contributed by atoms with E-state index in [1.165, 1.54) is 0 Å². The highest BCUT2D eigenvalue weighted by Crippen LogP contribution is 2.18. The van der Waals surface area contributed by atoms with Gasteiger partial charge in [0.05, 0.1) is 5.75 Å². The zero-order chi connectivity index (χ0) is 8.10. The van der Waals surface area contributed by atoms with E-state index in [0.717, 1.165) is 16.7 Å². The van der Waals surface area contributed by atoms with Gasteiger partial charge < -0.3 is 0 Å². The standard InChI is InChI=1S/C8H7F2S/c9-8(10)6-11-7-4-2-1-3-5-7/h1-4,8H,6H2. The molecule has 1 aromatic carbocycles. The summed E-state index contributed by atoms with van der Waals surface area (Å²) < 4.78 is 23.4. The number of halogens is 2. The first-order valence-electron chi connectivity index (χ1n) is 3.16. The first-order chi connectivity index (χ1) is 5.29. The molecule has 0 amide bonds. The van der Waals surface area contributed by atoms with Crippen molar-refractivity contribution in [3.05, 3.63) is 30.3 Å². The number of alkyl halides is 2. The van der Waals surface area contributed by atoms with Gasteiger partial charge in [-0.3, -0.25) is 0 Å². The number of thioether (sulfide) groups is 1. The van der Waals surface area contributed by atoms with Gasteiger partial charge in [-0.05, 0) is 12.1 Å². The summed E-state index contributed by atoms with van der Waals surface area (Å²) in [6.45, 7) is 0. The maximum Gasteiger partial charge on any atom is 0.247 e. The Bertz CT molecular complexity index is 199. The zero-order valence-electron chi connectivity index (χ0n) is 5.76. The predicted octanol–water partition coefficient (Wildman–Crippen LogP) is 2.84. The SMILES string of the molecule is FC(F)CSc1[c]cccc1. The lowest BCUT2D eigenvalue weighted by molar-refractivity contribution is 0.177. The average Bonchev–Trinajstić information content (AvgIpc) is 2.03. The Balaban J connectivity index is 2.39. The van der Waals surface area contributed by atoms with Crippen LogP contribution >= 0.6 is 11.8 Å². The highest BCUT2D eigenvalue weighted by atomic mass is 32.2. The topological polar surface area (TPSA) is 0 Å². The molecule has 0 aliphatic carbocycles. The minimum absolute atomic E-state index is 0.152. The molecule has 1 rings (SSSR count). The van der Waals surface area contributed by atoms with Crippen LogP contribution in [0.3, 0.4) is 0 Å². The van der Waals surface area contributed by atoms with Crippen molar-refractivity contribution in [3.8, 4) is 0 Å². The molecule has 0 N–H and O–H groups in total. The highest BCUT2D eigenvalue weighted by molar-refractivity contribution is 7.99. The third kappa shape index (κ3) is 3.37. The Kier molecular flexibility index (Phi) is 3.36. The minimum atomic E-state index is -2.24. The Morgan fingerprint density at radius 1 is 1.45 bits per heavy atom. The highest BCUT2D eigenvalue weighted by Gasteiger charge is 2.02. The van der Waals surface area contributed by atoms with Gasteiger partial charge in [-0.25, -0.2) is 8.78 Å². The van der Waals surface area contributed by atoms with Crippen LogP contribution in [-0.4, -0.2) is 12.2 Å². The summed E-state index contributed by atoms with van der Waals surface area (Å²) in [5.41, 5.74) is 0. The van der Waals surface area contributed by atoms with Gasteiger partial charge in [0.25, 0.3) is 0 Å². The minimum Gasteiger partial charge on any atom is -0.210 e. The molecule has 1 aromatic rings. The van der Waals surface area contributed by atoms with Crippen LogP contribution in [0.2, 0.25) is 0 Å². The van der Waals surface area contributed by atoms with Crippen LogP contribution in [0, 0.1) is 6.07 Å². The summed E-state index contributed by atoms with van der Waals surface area (Å²) in [5, 5.41) is 0. The van der Waals surface area contributed by atoms with Gasteiger partial charge in [0.2, 0.25) is 6.43 Å². The Morgan fingerprint density at radius 3 is 2.82 bits per heavy atom. The van der Waals surface area contributed by atoms with Gasteiger partial charge in [-0.15, -0.1) is 11.8 Å². The smallest absolute Gasteiger partial charge is 0.210 e. The second-order valence-corrected chi connectivity index (χ2v) is 2.99. The average molecular weight is 173 g/mol. The quantitative estimate of drug-likeness (QED) is 0.633. The van der Waals surface area contributed by atoms with Crippen LogP contribution in [0.1, 0.15) is 0 Å². The van der Waals surface area contributed by atoms with Gasteiger partial charge in [-0.2, -0.15) is 0 Å². The maximum atomic E-state index is 11.7. The number of benzene rings is 1. The summed E-state index contributed by atoms with van der Waals surface area (Å²) in [6, 6.07) is 9.96. The monoisotopic (exact) mass is 173 g/mol. The van der Waals surface area contributed by atoms with Crippen LogP contribution in [0.15, 0.2) is 29.2 Å². The first kappa shape index (κ1) is 8.53. The van der Waals surface area contributed by atoms with E-state index in [1.807, 2.05) is 12.1 Å². The molecule has 0 aromatic heterocycles. The van der Waals surface area contributed by atoms with Gasteiger partial charge in [0, 0.05) is 4.90 Å². The molecule has 3 heteroatoms. The normalized spacial score (nSPS) is 10.5. The Labute approximate surface area is 68.6 Å². The lowest BCUT2D eigenvalue weighted by Crippen LogP contribution is -1.92. The number of hydrogen-bond donors (Lipinski definition) is 0. The number of hydrogen-bond acceptors (Lipinski definition) is 1. The fourth-order valence-electron chi connectivity index (χ4n) is 0.619. The van der Waals surface area contributed by atoms with Crippen LogP contribution in [-0.2, 0) is 0 Å². The van der Waals surface area contributed by atoms with Crippen molar-refractivity contribution in [2.45, 2.75) is 11.3 Å². The molecule has 0 unspecified atom stereocenters. The van der Waals surface area contributed by atoms with Crippen molar-refractivity contribution in [2.75, 3.05) is 5.75 Å². The summed E-state index contributed by atoms with van der Waals surface area (Å²) in [4.78, 5) is 0.771. The molecule has 0 heterocycles. The first-order valence-corrected chi connectivity index (χ1v) is 4.15. The molecule has 0 atom stereocenters. The van der Waals surface area contributed by atoms with Crippen LogP contribution < -0.4 is 0 Å². The summed E-state index contributed by atoms with van der Waals surface area (Å²) in [6.07, 6.45) is -2.24. The van der Waals surface area contributed by atoms with E-state index >= 15 is 0 Å². The molecule has 1 radical (unpaired) electrons. The summed E-state index contributed by atoms with van der Waals surface area (Å²) in [7, 11) is 0. The van der Waals surface area contributed by atoms with Crippen molar-refractivity contribution in [3.63, 3.8) is 0 Å². The van der Waals surface area contributed by atoms with Crippen molar-refractivity contribution in [1.29, 1.82) is 0 Å². The van der Waals surface area contributed by atoms with Gasteiger partial charge in [-0.1, -0.05) is 18.2 Å². The Morgan fingerprint density at radius 2 is 2.27 bits per heavy atom. The van der Waals surface area contributed by atoms with E-state index < -0.39 is 6.43 Å². The van der Waals surface area contributed by atoms with E-state index in [1.54, 1.807) is 12.1 Å². The van der Waals surface area contributed by atoms with E-state index in [2.05, 4.69) is 6.07 Å². The molecule has 0 spiro atoms. The third-order valence-electron chi connectivity index (χ3n) is 1.05. The van der Waals surface area contributed by atoms with Crippen LogP contribution in [0.4, 0.5) is 8.78 Å². The van der Waals surface area contributed by atoms with Crippen molar-refractivity contribution in [2.24, 2.45) is 0 Å². The third-order valence-corrected chi connectivity index (χ3v) is 2.03. The zero-order valence-corrected chi connectivity index (χ0v) is 6.57. The molecule has 59 valence electrons. The van der Waals surface area contributed by atoms with E-state index in [0.29, 0.717) is 0 Å². The molecule has 0 nitrogen and oxygen atoms in total. The summed E-state index contributed by atoms with van der Waals surface area (Å²) >= 11 is 1.12. The fraction of sp³-hybridized carbons (Fsp3) is 0.250. The van der Waals surface area contributed by atoms with Crippen molar-refractivity contribution >= 4 is 11.8 Å². The molecule has 0 saturated heterocycles. The second-order valence-electron chi connectivity index (χ2n) is 1.93. The van der Waals surface area contributed by atoms with Gasteiger partial charge in [0.15, 0.2) is 0 Å². The molecule has 0 bridgehead atoms. The molecule has 0 aliphatic heterocycles. The largest absolute Gasteiger partial charge is 0.247 e. The lowest BCUT2D eigenvalue weighted by Gasteiger charge is -1.97. The van der Waals surface area contributed by atoms with E-state index in [4.69, 9.17) is 0 Å². The maximum absolute atomic E-state index is 11.7. The van der Waals surface area contributed by atoms with E-state index in [9.17, 15) is 8.78 Å². The van der Waals surface area contributed by atoms with Crippen molar-refractivity contribution < 1.29 is 8.78 Å². The fourth-order valence-corrected chi connectivity index (χ4v) is 1.25. The molecule has 11 heavy (non-hydrogen) atoms. The number of rotatable bonds is 3. The lowest BCUT2D eigenvalue weighted by atomic mass is 10.4. The van der Waals surface area contributed by atoms with Gasteiger partial charge >= 0.3 is 0 Å². The molecule has 0 saturated carbocycles. The Hall–Kier alpha value is -0.570. The van der Waals surface area contributed by atoms with Crippen LogP contribution in [0.25, 0.3) is 0 Å².